The molecule has 0 spiro atoms. The van der Waals surface area contributed by atoms with Crippen LogP contribution in [0.3, 0.4) is 0 Å². The maximum Gasteiger partial charge on any atom is 0.257 e. The molecule has 108 valence electrons. The number of nitrogens with one attached hydrogen (secondary N) is 2. The normalized spacial score (nSPS) is 10.3. The molecular formula is C11H18N2O5S. The van der Waals surface area contributed by atoms with Crippen molar-refractivity contribution in [2.45, 2.75) is 20.0 Å². The molecule has 0 aromatic carbocycles. The Balaban J connectivity index is 4.38. The Bertz CT molecular complexity index is 418. The van der Waals surface area contributed by atoms with E-state index in [2.05, 4.69) is 28.0 Å². The molecule has 0 unspecified atom stereocenters. The topological polar surface area (TPSA) is 102 Å². The van der Waals surface area contributed by atoms with Crippen molar-refractivity contribution in [3.05, 3.63) is 24.3 Å². The number of thiol groups is 1. The highest BCUT2D eigenvalue weighted by Crippen LogP contribution is 1.94. The van der Waals surface area contributed by atoms with E-state index < -0.39 is 28.9 Å². The van der Waals surface area contributed by atoms with Crippen molar-refractivity contribution < 1.29 is 22.2 Å². The van der Waals surface area contributed by atoms with Crippen molar-refractivity contribution in [2.75, 3.05) is 13.1 Å². The van der Waals surface area contributed by atoms with Gasteiger partial charge in [-0.2, -0.15) is 0 Å². The predicted molar refractivity (Wildman–Crippen MR) is 70.8 cm³/mol. The summed E-state index contributed by atoms with van der Waals surface area (Å²) in [6.45, 7) is 9.78. The molecule has 0 heterocycles. The smallest absolute Gasteiger partial charge is 0.257 e. The van der Waals surface area contributed by atoms with E-state index in [9.17, 15) is 18.0 Å². The zero-order valence-corrected chi connectivity index (χ0v) is 11.8. The van der Waals surface area contributed by atoms with Crippen molar-refractivity contribution in [3.63, 3.8) is 0 Å². The monoisotopic (exact) mass is 290 g/mol. The summed E-state index contributed by atoms with van der Waals surface area (Å²) < 4.78 is 25.6. The first kappa shape index (κ1) is 17.3. The molecule has 2 amide bonds. The van der Waals surface area contributed by atoms with Crippen LogP contribution < -0.4 is 10.6 Å². The highest BCUT2D eigenvalue weighted by atomic mass is 32.2. The quantitative estimate of drug-likeness (QED) is 0.404. The number of carbonyl (C=O) groups is 2. The summed E-state index contributed by atoms with van der Waals surface area (Å²) in [5.41, 5.74) is 0.576. The summed E-state index contributed by atoms with van der Waals surface area (Å²) in [4.78, 5) is 22.5. The van der Waals surface area contributed by atoms with Gasteiger partial charge in [0.15, 0.2) is 0 Å². The molecule has 7 nitrogen and oxygen atoms in total. The largest absolute Gasteiger partial charge is 0.350 e. The lowest BCUT2D eigenvalue weighted by Crippen LogP contribution is -2.41. The van der Waals surface area contributed by atoms with Crippen LogP contribution >= 0.6 is 0 Å². The van der Waals surface area contributed by atoms with Crippen LogP contribution in [-0.4, -0.2) is 39.4 Å². The van der Waals surface area contributed by atoms with E-state index in [1.54, 1.807) is 0 Å². The summed E-state index contributed by atoms with van der Waals surface area (Å²) in [5, 5.41) is 4.87. The molecular weight excluding hydrogens is 272 g/mol. The Hall–Kier alpha value is -1.67. The van der Waals surface area contributed by atoms with Gasteiger partial charge in [0.05, 0.1) is 0 Å². The van der Waals surface area contributed by atoms with Gasteiger partial charge in [0.25, 0.3) is 11.0 Å². The number of hydrogen-bond acceptors (Lipinski definition) is 5. The average molecular weight is 290 g/mol. The lowest BCUT2D eigenvalue weighted by Gasteiger charge is -2.15. The molecule has 0 saturated heterocycles. The summed E-state index contributed by atoms with van der Waals surface area (Å²) in [6, 6.07) is 0. The summed E-state index contributed by atoms with van der Waals surface area (Å²) in [7, 11) is -3.08. The Morgan fingerprint density at radius 3 is 1.68 bits per heavy atom. The van der Waals surface area contributed by atoms with Gasteiger partial charge in [-0.25, -0.2) is 8.42 Å². The molecule has 0 fully saturated rings. The van der Waals surface area contributed by atoms with Gasteiger partial charge in [-0.3, -0.25) is 13.8 Å². The maximum absolute atomic E-state index is 11.3. The third-order valence-electron chi connectivity index (χ3n) is 1.99. The molecule has 0 radical (unpaired) electrons. The second-order valence-electron chi connectivity index (χ2n) is 3.93. The fraction of sp³-hybridized carbons (Fsp3) is 0.455. The first-order valence-corrected chi connectivity index (χ1v) is 6.52. The standard InChI is InChI=1S/C11H18N2O5S/c1-7(2)10(14)12-5-9(18-19(16)17)6-13-11(15)8(3)4/h9,19H,1,3,5-6H2,2,4H3,(H,12,14)(H,13,15). The average Bonchev–Trinajstić information content (AvgIpc) is 2.30. The third-order valence-corrected chi connectivity index (χ3v) is 2.46. The number of amides is 2. The van der Waals surface area contributed by atoms with E-state index in [-0.39, 0.29) is 24.2 Å². The zero-order chi connectivity index (χ0) is 15.0. The maximum atomic E-state index is 11.3. The fourth-order valence-corrected chi connectivity index (χ4v) is 1.38. The Kier molecular flexibility index (Phi) is 7.69. The molecule has 0 aliphatic carbocycles. The van der Waals surface area contributed by atoms with Crippen LogP contribution in [0.1, 0.15) is 13.8 Å². The van der Waals surface area contributed by atoms with Crippen LogP contribution in [0.5, 0.6) is 0 Å². The number of hydrogen-bond donors (Lipinski definition) is 3. The Morgan fingerprint density at radius 2 is 1.42 bits per heavy atom. The van der Waals surface area contributed by atoms with Crippen LogP contribution in [-0.2, 0) is 24.8 Å². The second-order valence-corrected chi connectivity index (χ2v) is 4.59. The minimum absolute atomic E-state index is 0.0640. The first-order valence-electron chi connectivity index (χ1n) is 5.42. The first-order chi connectivity index (χ1) is 8.73. The van der Waals surface area contributed by atoms with Crippen LogP contribution in [0.15, 0.2) is 24.3 Å². The second kappa shape index (κ2) is 8.44. The van der Waals surface area contributed by atoms with E-state index >= 15 is 0 Å². The van der Waals surface area contributed by atoms with Crippen molar-refractivity contribution in [2.24, 2.45) is 0 Å². The molecule has 0 aliphatic rings. The van der Waals surface area contributed by atoms with Gasteiger partial charge < -0.3 is 10.6 Å². The number of rotatable bonds is 8. The van der Waals surface area contributed by atoms with E-state index in [0.717, 1.165) is 0 Å². The van der Waals surface area contributed by atoms with Crippen molar-refractivity contribution in [1.82, 2.24) is 10.6 Å². The van der Waals surface area contributed by atoms with E-state index in [0.29, 0.717) is 0 Å². The van der Waals surface area contributed by atoms with Gasteiger partial charge in [0.1, 0.15) is 6.10 Å². The molecule has 0 aromatic rings. The zero-order valence-electron chi connectivity index (χ0n) is 10.9. The van der Waals surface area contributed by atoms with E-state index in [1.807, 2.05) is 0 Å². The van der Waals surface area contributed by atoms with Gasteiger partial charge in [-0.05, 0) is 13.8 Å². The SMILES string of the molecule is C=C(C)C(=O)NCC(CNC(=O)C(=C)C)O[SH](=O)=O. The van der Waals surface area contributed by atoms with Crippen LogP contribution in [0.25, 0.3) is 0 Å². The van der Waals surface area contributed by atoms with E-state index in [4.69, 9.17) is 0 Å². The van der Waals surface area contributed by atoms with Crippen LogP contribution in [0.4, 0.5) is 0 Å². The Labute approximate surface area is 113 Å². The van der Waals surface area contributed by atoms with Crippen molar-refractivity contribution in [1.29, 1.82) is 0 Å². The minimum Gasteiger partial charge on any atom is -0.350 e. The molecule has 8 heteroatoms. The van der Waals surface area contributed by atoms with Gasteiger partial charge in [-0.15, -0.1) is 0 Å². The van der Waals surface area contributed by atoms with E-state index in [1.165, 1.54) is 13.8 Å². The van der Waals surface area contributed by atoms with Crippen LogP contribution in [0, 0.1) is 0 Å². The molecule has 0 rings (SSSR count). The predicted octanol–water partition coefficient (Wildman–Crippen LogP) is -0.717. The lowest BCUT2D eigenvalue weighted by molar-refractivity contribution is -0.117. The molecule has 0 atom stereocenters. The highest BCUT2D eigenvalue weighted by molar-refractivity contribution is 7.67. The van der Waals surface area contributed by atoms with Gasteiger partial charge in [0.2, 0.25) is 11.8 Å². The summed E-state index contributed by atoms with van der Waals surface area (Å²) in [6.07, 6.45) is -0.882. The molecule has 0 saturated carbocycles. The van der Waals surface area contributed by atoms with Gasteiger partial charge >= 0.3 is 0 Å². The fourth-order valence-electron chi connectivity index (χ4n) is 0.983. The lowest BCUT2D eigenvalue weighted by atomic mass is 10.3. The molecule has 2 N–H and O–H groups in total. The molecule has 0 bridgehead atoms. The van der Waals surface area contributed by atoms with Crippen LogP contribution in [0.2, 0.25) is 0 Å². The summed E-state index contributed by atoms with van der Waals surface area (Å²) in [5.74, 6) is -0.832. The minimum atomic E-state index is -3.08. The number of carbonyl (C=O) groups excluding carboxylic acids is 2. The third kappa shape index (κ3) is 8.11. The molecule has 19 heavy (non-hydrogen) atoms. The van der Waals surface area contributed by atoms with Crippen molar-refractivity contribution in [3.8, 4) is 0 Å². The molecule has 0 aromatic heterocycles. The highest BCUT2D eigenvalue weighted by Gasteiger charge is 2.14. The Morgan fingerprint density at radius 1 is 1.05 bits per heavy atom. The van der Waals surface area contributed by atoms with Gasteiger partial charge in [-0.1, -0.05) is 13.2 Å². The van der Waals surface area contributed by atoms with Crippen molar-refractivity contribution >= 4 is 22.8 Å². The van der Waals surface area contributed by atoms with Gasteiger partial charge in [0, 0.05) is 24.2 Å². The summed E-state index contributed by atoms with van der Waals surface area (Å²) >= 11 is 0. The molecule has 0 aliphatic heterocycles.